The minimum atomic E-state index is -0.222. The van der Waals surface area contributed by atoms with E-state index in [1.807, 2.05) is 35.2 Å². The maximum Gasteiger partial charge on any atom is 0.410 e. The lowest BCUT2D eigenvalue weighted by atomic mass is 9.83. The van der Waals surface area contributed by atoms with Crippen molar-refractivity contribution in [3.63, 3.8) is 0 Å². The summed E-state index contributed by atoms with van der Waals surface area (Å²) in [6.07, 6.45) is 4.40. The van der Waals surface area contributed by atoms with Crippen molar-refractivity contribution in [2.75, 3.05) is 18.0 Å². The van der Waals surface area contributed by atoms with E-state index in [4.69, 9.17) is 4.74 Å². The summed E-state index contributed by atoms with van der Waals surface area (Å²) < 4.78 is 5.59. The molecule has 2 aromatic carbocycles. The van der Waals surface area contributed by atoms with Crippen LogP contribution in [0.15, 0.2) is 84.0 Å². The average molecular weight is 372 g/mol. The topological polar surface area (TPSA) is 32.8 Å². The van der Waals surface area contributed by atoms with Crippen molar-refractivity contribution in [2.24, 2.45) is 5.92 Å². The fourth-order valence-electron chi connectivity index (χ4n) is 4.91. The summed E-state index contributed by atoms with van der Waals surface area (Å²) in [4.78, 5) is 17.1. The van der Waals surface area contributed by atoms with E-state index in [-0.39, 0.29) is 6.09 Å². The van der Waals surface area contributed by atoms with Gasteiger partial charge in [0.05, 0.1) is 12.1 Å². The zero-order valence-corrected chi connectivity index (χ0v) is 16.0. The maximum atomic E-state index is 12.7. The first-order valence-electron chi connectivity index (χ1n) is 9.89. The van der Waals surface area contributed by atoms with Crippen LogP contribution in [0.1, 0.15) is 12.5 Å². The first-order valence-corrected chi connectivity index (χ1v) is 9.89. The normalized spacial score (nSPS) is 25.2. The number of ether oxygens (including phenoxy) is 1. The third kappa shape index (κ3) is 2.80. The third-order valence-electron chi connectivity index (χ3n) is 6.10. The highest BCUT2D eigenvalue weighted by Gasteiger charge is 2.50. The molecule has 2 aromatic rings. The summed E-state index contributed by atoms with van der Waals surface area (Å²) in [6.45, 7) is 3.85. The molecule has 0 aliphatic carbocycles. The fourth-order valence-corrected chi connectivity index (χ4v) is 4.91. The molecule has 3 atom stereocenters. The number of nitrogens with zero attached hydrogens (tertiary/aromatic N) is 2. The van der Waals surface area contributed by atoms with E-state index in [2.05, 4.69) is 54.3 Å². The Bertz CT molecular complexity index is 936. The Hall–Kier alpha value is -3.01. The fraction of sp³-hybridized carbons (Fsp3) is 0.292. The van der Waals surface area contributed by atoms with Crippen molar-refractivity contribution in [3.8, 4) is 0 Å². The van der Waals surface area contributed by atoms with E-state index in [0.717, 1.165) is 12.1 Å². The van der Waals surface area contributed by atoms with Gasteiger partial charge in [-0.25, -0.2) is 4.79 Å². The number of benzene rings is 2. The van der Waals surface area contributed by atoms with Crippen LogP contribution in [0.25, 0.3) is 0 Å². The number of fused-ring (bicyclic) bond motifs is 5. The van der Waals surface area contributed by atoms with Crippen LogP contribution in [0.2, 0.25) is 0 Å². The molecule has 1 amide bonds. The van der Waals surface area contributed by atoms with Gasteiger partial charge in [-0.15, -0.1) is 0 Å². The van der Waals surface area contributed by atoms with E-state index in [9.17, 15) is 4.79 Å². The largest absolute Gasteiger partial charge is 0.445 e. The Morgan fingerprint density at radius 1 is 1.04 bits per heavy atom. The number of hydrogen-bond donors (Lipinski definition) is 0. The van der Waals surface area contributed by atoms with Crippen molar-refractivity contribution < 1.29 is 9.53 Å². The van der Waals surface area contributed by atoms with Gasteiger partial charge in [-0.1, -0.05) is 66.3 Å². The number of carbonyl (C=O) groups is 1. The van der Waals surface area contributed by atoms with E-state index < -0.39 is 0 Å². The average Bonchev–Trinajstić information content (AvgIpc) is 3.30. The molecular formula is C24H24N2O2. The Labute approximate surface area is 165 Å². The van der Waals surface area contributed by atoms with Gasteiger partial charge in [-0.3, -0.25) is 0 Å². The molecule has 0 aromatic heterocycles. The van der Waals surface area contributed by atoms with Crippen LogP contribution < -0.4 is 4.90 Å². The molecule has 3 aliphatic rings. The second kappa shape index (κ2) is 6.86. The summed E-state index contributed by atoms with van der Waals surface area (Å²) >= 11 is 0. The predicted molar refractivity (Wildman–Crippen MR) is 110 cm³/mol. The minimum absolute atomic E-state index is 0.222. The smallest absolute Gasteiger partial charge is 0.410 e. The Balaban J connectivity index is 1.33. The summed E-state index contributed by atoms with van der Waals surface area (Å²) in [5, 5.41) is 0. The summed E-state index contributed by atoms with van der Waals surface area (Å²) in [5.41, 5.74) is 5.04. The minimum Gasteiger partial charge on any atom is -0.445 e. The molecule has 28 heavy (non-hydrogen) atoms. The van der Waals surface area contributed by atoms with E-state index in [0.29, 0.717) is 31.2 Å². The van der Waals surface area contributed by atoms with Crippen molar-refractivity contribution in [2.45, 2.75) is 25.6 Å². The van der Waals surface area contributed by atoms with Crippen LogP contribution in [0.3, 0.4) is 0 Å². The molecule has 0 spiro atoms. The number of amides is 1. The molecule has 0 unspecified atom stereocenters. The number of hydrogen-bond acceptors (Lipinski definition) is 3. The first-order chi connectivity index (χ1) is 13.7. The van der Waals surface area contributed by atoms with E-state index >= 15 is 0 Å². The Kier molecular flexibility index (Phi) is 4.19. The zero-order chi connectivity index (χ0) is 19.1. The monoisotopic (exact) mass is 372 g/mol. The van der Waals surface area contributed by atoms with Gasteiger partial charge in [0.15, 0.2) is 0 Å². The quantitative estimate of drug-likeness (QED) is 0.749. The summed E-state index contributed by atoms with van der Waals surface area (Å²) in [5.74, 6) is 0.341. The molecule has 5 rings (SSSR count). The molecule has 142 valence electrons. The predicted octanol–water partition coefficient (Wildman–Crippen LogP) is 4.40. The van der Waals surface area contributed by atoms with Gasteiger partial charge in [-0.2, -0.15) is 0 Å². The molecule has 1 saturated heterocycles. The highest BCUT2D eigenvalue weighted by Crippen LogP contribution is 2.47. The van der Waals surface area contributed by atoms with Gasteiger partial charge in [0.25, 0.3) is 0 Å². The highest BCUT2D eigenvalue weighted by atomic mass is 16.6. The lowest BCUT2D eigenvalue weighted by Gasteiger charge is -2.34. The van der Waals surface area contributed by atoms with Gasteiger partial charge >= 0.3 is 6.09 Å². The van der Waals surface area contributed by atoms with Gasteiger partial charge in [-0.05, 0) is 30.2 Å². The third-order valence-corrected chi connectivity index (χ3v) is 6.10. The molecule has 3 aliphatic heterocycles. The Morgan fingerprint density at radius 3 is 2.50 bits per heavy atom. The molecule has 4 nitrogen and oxygen atoms in total. The number of carbonyl (C=O) groups excluding carboxylic acids is 1. The molecular weight excluding hydrogens is 348 g/mol. The van der Waals surface area contributed by atoms with Crippen molar-refractivity contribution in [1.82, 2.24) is 4.90 Å². The van der Waals surface area contributed by atoms with Gasteiger partial charge in [0.1, 0.15) is 6.61 Å². The van der Waals surface area contributed by atoms with Crippen molar-refractivity contribution >= 4 is 11.8 Å². The Morgan fingerprint density at radius 2 is 1.75 bits per heavy atom. The second-order valence-corrected chi connectivity index (χ2v) is 7.83. The molecule has 4 heteroatoms. The molecule has 0 N–H and O–H groups in total. The molecule has 0 radical (unpaired) electrons. The number of anilines is 1. The van der Waals surface area contributed by atoms with Crippen LogP contribution in [-0.2, 0) is 11.3 Å². The maximum absolute atomic E-state index is 12.7. The molecule has 0 saturated carbocycles. The van der Waals surface area contributed by atoms with Gasteiger partial charge in [0.2, 0.25) is 0 Å². The first kappa shape index (κ1) is 17.1. The van der Waals surface area contributed by atoms with Gasteiger partial charge in [0, 0.05) is 24.7 Å². The number of rotatable bonds is 3. The van der Waals surface area contributed by atoms with Crippen LogP contribution >= 0.6 is 0 Å². The SMILES string of the molecule is CC1=C2[C@H]3C=C[C@@H]([C@H]2CN(C(=O)OCc2ccccc2)C1)N3c1ccccc1. The molecule has 2 bridgehead atoms. The summed E-state index contributed by atoms with van der Waals surface area (Å²) in [6, 6.07) is 21.0. The van der Waals surface area contributed by atoms with E-state index in [1.54, 1.807) is 0 Å². The van der Waals surface area contributed by atoms with Crippen LogP contribution in [0.5, 0.6) is 0 Å². The van der Waals surface area contributed by atoms with Crippen LogP contribution in [0.4, 0.5) is 10.5 Å². The molecule has 1 fully saturated rings. The standard InChI is InChI=1S/C24H24N2O2/c1-17-14-25(24(27)28-16-18-8-4-2-5-9-18)15-20-21-12-13-22(23(17)20)26(21)19-10-6-3-7-11-19/h2-13,20-22H,14-16H2,1H3/t20-,21+,22-/m1/s1. The second-order valence-electron chi connectivity index (χ2n) is 7.83. The summed E-state index contributed by atoms with van der Waals surface area (Å²) in [7, 11) is 0. The van der Waals surface area contributed by atoms with E-state index in [1.165, 1.54) is 16.8 Å². The van der Waals surface area contributed by atoms with Gasteiger partial charge < -0.3 is 14.5 Å². The lowest BCUT2D eigenvalue weighted by molar-refractivity contribution is 0.0926. The van der Waals surface area contributed by atoms with Crippen LogP contribution in [0, 0.1) is 5.92 Å². The van der Waals surface area contributed by atoms with Crippen LogP contribution in [-0.4, -0.2) is 36.2 Å². The molecule has 3 heterocycles. The zero-order valence-electron chi connectivity index (χ0n) is 16.0. The van der Waals surface area contributed by atoms with Crippen molar-refractivity contribution in [3.05, 3.63) is 89.5 Å². The van der Waals surface area contributed by atoms with Crippen molar-refractivity contribution in [1.29, 1.82) is 0 Å². The number of para-hydroxylation sites is 1. The lowest BCUT2D eigenvalue weighted by Crippen LogP contribution is -2.44. The highest BCUT2D eigenvalue weighted by molar-refractivity contribution is 5.70.